The molecule has 1 aliphatic carbocycles. The van der Waals surface area contributed by atoms with Crippen LogP contribution in [0.2, 0.25) is 0 Å². The van der Waals surface area contributed by atoms with Gasteiger partial charge in [0.25, 0.3) is 0 Å². The predicted octanol–water partition coefficient (Wildman–Crippen LogP) is 2.34. The predicted molar refractivity (Wildman–Crippen MR) is 77.1 cm³/mol. The van der Waals surface area contributed by atoms with Crippen LogP contribution in [0.3, 0.4) is 0 Å². The molecule has 0 bridgehead atoms. The van der Waals surface area contributed by atoms with Gasteiger partial charge in [0.2, 0.25) is 0 Å². The van der Waals surface area contributed by atoms with Crippen molar-refractivity contribution in [2.75, 3.05) is 26.8 Å². The molecular formula is C14H24N2OS. The van der Waals surface area contributed by atoms with Gasteiger partial charge in [-0.2, -0.15) is 11.3 Å². The highest BCUT2D eigenvalue weighted by Gasteiger charge is 2.28. The van der Waals surface area contributed by atoms with E-state index < -0.39 is 0 Å². The van der Waals surface area contributed by atoms with Crippen molar-refractivity contribution < 1.29 is 4.74 Å². The molecule has 4 heteroatoms. The molecule has 1 fully saturated rings. The molecule has 0 radical (unpaired) electrons. The number of thiophene rings is 1. The minimum atomic E-state index is 0.442. The number of nitrogens with one attached hydrogen (secondary N) is 1. The summed E-state index contributed by atoms with van der Waals surface area (Å²) in [6, 6.07) is 3.50. The zero-order chi connectivity index (χ0) is 12.8. The first-order valence-corrected chi connectivity index (χ1v) is 7.71. The Balaban J connectivity index is 1.70. The minimum absolute atomic E-state index is 0.442. The SMILES string of the molecule is COCC(C)NCCN(Cc1ccsc1)C1CC1. The number of nitrogens with zero attached hydrogens (tertiary/aromatic N) is 1. The van der Waals surface area contributed by atoms with E-state index in [0.29, 0.717) is 6.04 Å². The lowest BCUT2D eigenvalue weighted by Crippen LogP contribution is -2.38. The molecule has 0 saturated heterocycles. The summed E-state index contributed by atoms with van der Waals surface area (Å²) in [5.74, 6) is 0. The second-order valence-corrected chi connectivity index (χ2v) is 5.92. The molecular weight excluding hydrogens is 244 g/mol. The van der Waals surface area contributed by atoms with Crippen LogP contribution in [-0.4, -0.2) is 43.8 Å². The highest BCUT2D eigenvalue weighted by atomic mass is 32.1. The standard InChI is InChI=1S/C14H24N2OS/c1-12(10-17-2)15-6-7-16(14-3-4-14)9-13-5-8-18-11-13/h5,8,11-12,14-15H,3-4,6-7,9-10H2,1-2H3. The van der Waals surface area contributed by atoms with Crippen molar-refractivity contribution in [3.8, 4) is 0 Å². The maximum Gasteiger partial charge on any atom is 0.0613 e. The van der Waals surface area contributed by atoms with Crippen LogP contribution in [-0.2, 0) is 11.3 Å². The normalized spacial score (nSPS) is 17.3. The third-order valence-corrected chi connectivity index (χ3v) is 4.07. The third-order valence-electron chi connectivity index (χ3n) is 3.34. The molecule has 1 aromatic rings. The van der Waals surface area contributed by atoms with Gasteiger partial charge < -0.3 is 10.1 Å². The monoisotopic (exact) mass is 268 g/mol. The van der Waals surface area contributed by atoms with E-state index >= 15 is 0 Å². The van der Waals surface area contributed by atoms with E-state index in [1.54, 1.807) is 18.4 Å². The van der Waals surface area contributed by atoms with Crippen LogP contribution < -0.4 is 5.32 Å². The van der Waals surface area contributed by atoms with Crippen LogP contribution in [0.1, 0.15) is 25.3 Å². The molecule has 1 aliphatic rings. The number of ether oxygens (including phenoxy) is 1. The number of rotatable bonds is 9. The summed E-state index contributed by atoms with van der Waals surface area (Å²) in [5, 5.41) is 7.94. The molecule has 1 unspecified atom stereocenters. The lowest BCUT2D eigenvalue weighted by Gasteiger charge is -2.23. The van der Waals surface area contributed by atoms with Gasteiger partial charge in [-0.1, -0.05) is 0 Å². The van der Waals surface area contributed by atoms with Gasteiger partial charge in [0, 0.05) is 38.8 Å². The smallest absolute Gasteiger partial charge is 0.0613 e. The van der Waals surface area contributed by atoms with Gasteiger partial charge >= 0.3 is 0 Å². The summed E-state index contributed by atoms with van der Waals surface area (Å²) in [6.45, 7) is 6.24. The fourth-order valence-electron chi connectivity index (χ4n) is 2.21. The number of methoxy groups -OCH3 is 1. The molecule has 2 rings (SSSR count). The van der Waals surface area contributed by atoms with Gasteiger partial charge in [-0.05, 0) is 42.2 Å². The molecule has 0 aromatic carbocycles. The van der Waals surface area contributed by atoms with E-state index in [2.05, 4.69) is 34.0 Å². The average molecular weight is 268 g/mol. The Labute approximate surface area is 114 Å². The van der Waals surface area contributed by atoms with E-state index in [0.717, 1.165) is 32.3 Å². The van der Waals surface area contributed by atoms with Gasteiger partial charge in [0.05, 0.1) is 6.61 Å². The molecule has 1 heterocycles. The summed E-state index contributed by atoms with van der Waals surface area (Å²) in [5.41, 5.74) is 1.46. The Bertz CT molecular complexity index is 325. The van der Waals surface area contributed by atoms with E-state index in [1.165, 1.54) is 18.4 Å². The van der Waals surface area contributed by atoms with Gasteiger partial charge in [0.15, 0.2) is 0 Å². The van der Waals surface area contributed by atoms with E-state index in [-0.39, 0.29) is 0 Å². The summed E-state index contributed by atoms with van der Waals surface area (Å²) in [6.07, 6.45) is 2.75. The molecule has 0 spiro atoms. The van der Waals surface area contributed by atoms with Crippen molar-refractivity contribution >= 4 is 11.3 Å². The first-order valence-electron chi connectivity index (χ1n) is 6.77. The summed E-state index contributed by atoms with van der Waals surface area (Å²) in [4.78, 5) is 2.61. The van der Waals surface area contributed by atoms with Crippen molar-refractivity contribution in [3.05, 3.63) is 22.4 Å². The Hall–Kier alpha value is -0.420. The van der Waals surface area contributed by atoms with Crippen LogP contribution in [0, 0.1) is 0 Å². The van der Waals surface area contributed by atoms with Gasteiger partial charge in [-0.3, -0.25) is 4.90 Å². The molecule has 102 valence electrons. The molecule has 1 aromatic heterocycles. The molecule has 0 aliphatic heterocycles. The van der Waals surface area contributed by atoms with E-state index in [9.17, 15) is 0 Å². The highest BCUT2D eigenvalue weighted by Crippen LogP contribution is 2.28. The third kappa shape index (κ3) is 4.69. The van der Waals surface area contributed by atoms with Gasteiger partial charge in [0.1, 0.15) is 0 Å². The minimum Gasteiger partial charge on any atom is -0.383 e. The van der Waals surface area contributed by atoms with Crippen molar-refractivity contribution in [3.63, 3.8) is 0 Å². The Morgan fingerprint density at radius 1 is 1.56 bits per heavy atom. The second-order valence-electron chi connectivity index (χ2n) is 5.14. The second kappa shape index (κ2) is 7.24. The number of hydrogen-bond donors (Lipinski definition) is 1. The largest absolute Gasteiger partial charge is 0.383 e. The van der Waals surface area contributed by atoms with Crippen molar-refractivity contribution in [1.82, 2.24) is 10.2 Å². The van der Waals surface area contributed by atoms with Crippen LogP contribution in [0.15, 0.2) is 16.8 Å². The maximum atomic E-state index is 5.13. The van der Waals surface area contributed by atoms with E-state index in [1.807, 2.05) is 0 Å². The lowest BCUT2D eigenvalue weighted by atomic mass is 10.3. The molecule has 3 nitrogen and oxygen atoms in total. The number of hydrogen-bond acceptors (Lipinski definition) is 4. The fourth-order valence-corrected chi connectivity index (χ4v) is 2.87. The highest BCUT2D eigenvalue weighted by molar-refractivity contribution is 7.07. The molecule has 0 amide bonds. The van der Waals surface area contributed by atoms with Crippen LogP contribution in [0.4, 0.5) is 0 Å². The zero-order valence-electron chi connectivity index (χ0n) is 11.4. The first-order chi connectivity index (χ1) is 8.79. The fraction of sp³-hybridized carbons (Fsp3) is 0.714. The maximum absolute atomic E-state index is 5.13. The Morgan fingerprint density at radius 3 is 3.00 bits per heavy atom. The van der Waals surface area contributed by atoms with Crippen molar-refractivity contribution in [2.24, 2.45) is 0 Å². The summed E-state index contributed by atoms with van der Waals surface area (Å²) in [7, 11) is 1.76. The molecule has 1 saturated carbocycles. The first kappa shape index (κ1) is 14.0. The van der Waals surface area contributed by atoms with E-state index in [4.69, 9.17) is 4.74 Å². The lowest BCUT2D eigenvalue weighted by molar-refractivity contribution is 0.168. The van der Waals surface area contributed by atoms with Crippen molar-refractivity contribution in [2.45, 2.75) is 38.4 Å². The van der Waals surface area contributed by atoms with Crippen LogP contribution >= 0.6 is 11.3 Å². The summed E-state index contributed by atoms with van der Waals surface area (Å²) < 4.78 is 5.13. The van der Waals surface area contributed by atoms with Crippen LogP contribution in [0.5, 0.6) is 0 Å². The Kier molecular flexibility index (Phi) is 5.63. The molecule has 1 N–H and O–H groups in total. The quantitative estimate of drug-likeness (QED) is 0.744. The summed E-state index contributed by atoms with van der Waals surface area (Å²) >= 11 is 1.79. The average Bonchev–Trinajstić information content (AvgIpc) is 3.07. The van der Waals surface area contributed by atoms with Crippen molar-refractivity contribution in [1.29, 1.82) is 0 Å². The van der Waals surface area contributed by atoms with Gasteiger partial charge in [-0.25, -0.2) is 0 Å². The molecule has 18 heavy (non-hydrogen) atoms. The Morgan fingerprint density at radius 2 is 2.39 bits per heavy atom. The van der Waals surface area contributed by atoms with Gasteiger partial charge in [-0.15, -0.1) is 0 Å². The zero-order valence-corrected chi connectivity index (χ0v) is 12.2. The van der Waals surface area contributed by atoms with Crippen LogP contribution in [0.25, 0.3) is 0 Å². The topological polar surface area (TPSA) is 24.5 Å². The molecule has 1 atom stereocenters.